The molecule has 0 spiro atoms. The molecular weight excluding hydrogens is 1430 g/mol. The first-order chi connectivity index (χ1) is 48.4. The molecule has 550 valence electrons. The molecule has 12 aromatic heterocycles. The number of aryl methyl sites for hydroxylation is 2. The highest BCUT2D eigenvalue weighted by Gasteiger charge is 2.64. The molecule has 1 unspecified atom stereocenters. The van der Waals surface area contributed by atoms with E-state index in [4.69, 9.17) is 9.47 Å². The third-order valence-corrected chi connectivity index (χ3v) is 15.5. The molecule has 104 heavy (non-hydrogen) atoms. The molecule has 1 atom stereocenters. The number of ether oxygens (including phenoxy) is 5. The van der Waals surface area contributed by atoms with Crippen LogP contribution < -0.4 is 18.9 Å². The molecule has 1 saturated heterocycles. The zero-order valence-electron chi connectivity index (χ0n) is 53.0. The van der Waals surface area contributed by atoms with E-state index >= 15 is 0 Å². The number of alkyl halides is 15. The quantitative estimate of drug-likeness (QED) is 0.0924. The molecular formula is C64H51F19N16O5. The summed E-state index contributed by atoms with van der Waals surface area (Å²) in [4.78, 5) is 14.6. The number of aromatic nitrogens is 16. The molecule has 2 aliphatic rings. The summed E-state index contributed by atoms with van der Waals surface area (Å²) in [6.07, 6.45) is -8.88. The smallest absolute Gasteiger partial charge is 0.432 e. The molecule has 21 nitrogen and oxygen atoms in total. The van der Waals surface area contributed by atoms with Crippen LogP contribution in [0.15, 0.2) is 122 Å². The van der Waals surface area contributed by atoms with Crippen molar-refractivity contribution in [3.63, 3.8) is 0 Å². The molecule has 13 heterocycles. The molecule has 2 fully saturated rings. The lowest BCUT2D eigenvalue weighted by Crippen LogP contribution is -2.64. The Morgan fingerprint density at radius 1 is 0.442 bits per heavy atom. The summed E-state index contributed by atoms with van der Waals surface area (Å²) in [6, 6.07) is 16.9. The molecule has 1 saturated carbocycles. The van der Waals surface area contributed by atoms with E-state index in [1.807, 2.05) is 0 Å². The van der Waals surface area contributed by atoms with Gasteiger partial charge in [0.25, 0.3) is 29.1 Å². The first kappa shape index (κ1) is 75.6. The highest BCUT2D eigenvalue weighted by Crippen LogP contribution is 2.49. The standard InChI is InChI=1S/C17H14F4N4O.C16H12F4N4O2.C15H10F6N4O.C15H11F5N4O.CH4/c1-10-23-24-14-4-3-11(9-25(10)14)12-7-13(18)15(22-8-12)26-16(5-2-6-16)17(19,20)21;1-9-22-23-13-3-2-10(6-24(9)13)11-4-12(17)14(21-5-11)26-15(7-25-8-15)16(18,19)20;1-14(17,18)13-24-23-11-3-2-8(6-25(11)13)9-4-10(16)12(22-5-9)26-7-15(19,20)21;1-8(16)13-23-22-12-3-2-9(6-24(12)13)10-4-11(17)14(21-5-10)25-7-15(18,19)20;/h3-4,7-9H,2,5-6H2,1H3;2-6H,7-8H2,1H3;2-6H,7H2,1H3;2-6,8H,7H2,1H3;1H4. The van der Waals surface area contributed by atoms with Gasteiger partial charge in [0.1, 0.15) is 11.6 Å². The average molecular weight is 1490 g/mol. The van der Waals surface area contributed by atoms with Crippen LogP contribution >= 0.6 is 0 Å². The van der Waals surface area contributed by atoms with Crippen LogP contribution in [0.5, 0.6) is 23.5 Å². The number of hydrogen-bond acceptors (Lipinski definition) is 17. The van der Waals surface area contributed by atoms with Gasteiger partial charge in [-0.3, -0.25) is 17.6 Å². The van der Waals surface area contributed by atoms with E-state index in [0.29, 0.717) is 69.8 Å². The zero-order chi connectivity index (χ0) is 74.4. The Kier molecular flexibility index (Phi) is 21.1. The second kappa shape index (κ2) is 29.0. The van der Waals surface area contributed by atoms with E-state index in [2.05, 4.69) is 74.9 Å². The van der Waals surface area contributed by atoms with Crippen molar-refractivity contribution >= 4 is 22.6 Å². The lowest BCUT2D eigenvalue weighted by atomic mass is 9.79. The van der Waals surface area contributed by atoms with Crippen LogP contribution in [0.4, 0.5) is 83.4 Å². The van der Waals surface area contributed by atoms with E-state index < -0.39 is 127 Å². The van der Waals surface area contributed by atoms with E-state index in [1.165, 1.54) is 54.4 Å². The van der Waals surface area contributed by atoms with Crippen LogP contribution in [-0.2, 0) is 10.7 Å². The van der Waals surface area contributed by atoms with E-state index in [0.717, 1.165) is 34.9 Å². The highest BCUT2D eigenvalue weighted by atomic mass is 19.4. The summed E-state index contributed by atoms with van der Waals surface area (Å²) >= 11 is 0. The summed E-state index contributed by atoms with van der Waals surface area (Å²) in [6.45, 7) is 0.789. The van der Waals surface area contributed by atoms with Gasteiger partial charge in [0.2, 0.25) is 11.4 Å². The lowest BCUT2D eigenvalue weighted by molar-refractivity contribution is -0.323. The molecule has 12 aromatic rings. The van der Waals surface area contributed by atoms with Crippen molar-refractivity contribution in [2.75, 3.05) is 26.4 Å². The predicted octanol–water partition coefficient (Wildman–Crippen LogP) is 15.6. The summed E-state index contributed by atoms with van der Waals surface area (Å²) in [5, 5.41) is 30.4. The minimum absolute atomic E-state index is 0. The van der Waals surface area contributed by atoms with E-state index in [1.54, 1.807) is 71.4 Å². The van der Waals surface area contributed by atoms with E-state index in [-0.39, 0.29) is 48.4 Å². The highest BCUT2D eigenvalue weighted by molar-refractivity contribution is 5.67. The van der Waals surface area contributed by atoms with Crippen LogP contribution in [0.1, 0.15) is 70.0 Å². The number of nitrogens with zero attached hydrogens (tertiary/aromatic N) is 16. The Balaban J connectivity index is 0.000000148. The van der Waals surface area contributed by atoms with Gasteiger partial charge in [0.05, 0.1) is 13.2 Å². The fourth-order valence-corrected chi connectivity index (χ4v) is 9.94. The van der Waals surface area contributed by atoms with Crippen molar-refractivity contribution in [3.05, 3.63) is 169 Å². The largest absolute Gasteiger partial charge is 0.466 e. The van der Waals surface area contributed by atoms with Gasteiger partial charge in [-0.25, -0.2) is 41.9 Å². The van der Waals surface area contributed by atoms with Crippen molar-refractivity contribution in [2.24, 2.45) is 0 Å². The van der Waals surface area contributed by atoms with Gasteiger partial charge in [-0.15, -0.1) is 40.8 Å². The molecule has 14 rings (SSSR count). The minimum Gasteiger partial charge on any atom is -0.466 e. The summed E-state index contributed by atoms with van der Waals surface area (Å²) in [5.41, 5.74) is 0.159. The Morgan fingerprint density at radius 2 is 0.779 bits per heavy atom. The maximum atomic E-state index is 14.4. The van der Waals surface area contributed by atoms with Crippen LogP contribution in [0.2, 0.25) is 0 Å². The molecule has 0 amide bonds. The van der Waals surface area contributed by atoms with Gasteiger partial charge >= 0.3 is 30.6 Å². The fourth-order valence-electron chi connectivity index (χ4n) is 9.94. The molecule has 0 aromatic carbocycles. The Hall–Kier alpha value is -11.1. The van der Waals surface area contributed by atoms with Gasteiger partial charge in [0, 0.05) is 101 Å². The fraction of sp³-hybridized carbons (Fsp3) is 0.312. The third-order valence-electron chi connectivity index (χ3n) is 15.5. The van der Waals surface area contributed by atoms with Crippen molar-refractivity contribution in [1.82, 2.24) is 78.3 Å². The Bertz CT molecular complexity index is 4900. The normalized spacial score (nSPS) is 14.6. The monoisotopic (exact) mass is 1480 g/mol. The number of rotatable bonds is 14. The molecule has 0 N–H and O–H groups in total. The average Bonchev–Trinajstić information content (AvgIpc) is 1.14. The van der Waals surface area contributed by atoms with Gasteiger partial charge in [0.15, 0.2) is 71.1 Å². The van der Waals surface area contributed by atoms with Crippen LogP contribution in [0.25, 0.3) is 67.1 Å². The van der Waals surface area contributed by atoms with Crippen molar-refractivity contribution < 1.29 is 107 Å². The predicted molar refractivity (Wildman–Crippen MR) is 327 cm³/mol. The first-order valence-electron chi connectivity index (χ1n) is 29.8. The number of halogens is 19. The van der Waals surface area contributed by atoms with Gasteiger partial charge < -0.3 is 23.7 Å². The van der Waals surface area contributed by atoms with Crippen molar-refractivity contribution in [1.29, 1.82) is 0 Å². The lowest BCUT2D eigenvalue weighted by Gasteiger charge is -2.42. The molecule has 0 bridgehead atoms. The topological polar surface area (TPSA) is 218 Å². The molecule has 0 radical (unpaired) electrons. The second-order valence-electron chi connectivity index (χ2n) is 23.1. The SMILES string of the molecule is C.CC(F)(F)c1nnc2ccc(-c3cnc(OCC(F)(F)F)c(F)c3)cn12.CC(F)c1nnc2ccc(-c3cnc(OCC(F)(F)F)c(F)c3)cn12.Cc1nnc2ccc(-c3cnc(OC4(C(F)(F)F)CCC4)c(F)c3)cn12.Cc1nnc2ccc(-c3cnc(OC4(C(F)(F)F)COC4)c(F)c3)cn12. The van der Waals surface area contributed by atoms with Gasteiger partial charge in [-0.1, -0.05) is 7.43 Å². The number of pyridine rings is 8. The summed E-state index contributed by atoms with van der Waals surface area (Å²) < 4.78 is 278. The van der Waals surface area contributed by atoms with Crippen molar-refractivity contribution in [3.8, 4) is 68.0 Å². The maximum absolute atomic E-state index is 14.4. The van der Waals surface area contributed by atoms with Gasteiger partial charge in [-0.05, 0) is 113 Å². The minimum atomic E-state index is -4.69. The zero-order valence-corrected chi connectivity index (χ0v) is 53.0. The Morgan fingerprint density at radius 3 is 1.11 bits per heavy atom. The van der Waals surface area contributed by atoms with E-state index in [9.17, 15) is 83.4 Å². The third kappa shape index (κ3) is 16.5. The molecule has 1 aliphatic carbocycles. The number of hydrogen-bond donors (Lipinski definition) is 0. The van der Waals surface area contributed by atoms with Crippen molar-refractivity contribution in [2.45, 2.75) is 102 Å². The number of fused-ring (bicyclic) bond motifs is 4. The summed E-state index contributed by atoms with van der Waals surface area (Å²) in [7, 11) is 0. The van der Waals surface area contributed by atoms with Crippen LogP contribution in [0, 0.1) is 37.1 Å². The Labute approximate surface area is 572 Å². The first-order valence-corrected chi connectivity index (χ1v) is 29.8. The van der Waals surface area contributed by atoms with Crippen LogP contribution in [-0.4, -0.2) is 141 Å². The van der Waals surface area contributed by atoms with Gasteiger partial charge in [-0.2, -0.15) is 61.5 Å². The molecule has 1 aliphatic heterocycles. The maximum Gasteiger partial charge on any atom is 0.432 e. The second-order valence-corrected chi connectivity index (χ2v) is 23.1. The summed E-state index contributed by atoms with van der Waals surface area (Å²) in [5.74, 6) is -9.44. The molecule has 40 heteroatoms. The van der Waals surface area contributed by atoms with Crippen LogP contribution in [0.3, 0.4) is 0 Å².